The van der Waals surface area contributed by atoms with E-state index >= 15 is 0 Å². The molecule has 0 bridgehead atoms. The summed E-state index contributed by atoms with van der Waals surface area (Å²) in [6.07, 6.45) is -4.31. The van der Waals surface area contributed by atoms with Gasteiger partial charge in [-0.2, -0.15) is 13.2 Å². The number of hydrogen-bond donors (Lipinski definition) is 0. The van der Waals surface area contributed by atoms with E-state index in [0.717, 1.165) is 6.08 Å². The molecule has 1 aliphatic rings. The number of rotatable bonds is 1. The number of carboxylic acids is 1. The van der Waals surface area contributed by atoms with Crippen molar-refractivity contribution in [2.45, 2.75) is 11.2 Å². The van der Waals surface area contributed by atoms with E-state index in [1.54, 1.807) is 0 Å². The van der Waals surface area contributed by atoms with Crippen molar-refractivity contribution >= 4 is 39.6 Å². The highest BCUT2D eigenvalue weighted by Crippen LogP contribution is 2.48. The van der Waals surface area contributed by atoms with Crippen LogP contribution in [0.25, 0.3) is 6.08 Å². The molecule has 1 atom stereocenters. The van der Waals surface area contributed by atoms with Crippen LogP contribution in [-0.2, 0) is 4.79 Å². The molecule has 0 spiro atoms. The van der Waals surface area contributed by atoms with Crippen LogP contribution >= 0.6 is 27.5 Å². The maximum absolute atomic E-state index is 12.9. The summed E-state index contributed by atoms with van der Waals surface area (Å²) in [7, 11) is 0. The number of hydrogen-bond acceptors (Lipinski definition) is 3. The summed E-state index contributed by atoms with van der Waals surface area (Å²) in [5, 5.41) is 7.40. The lowest BCUT2D eigenvalue weighted by Crippen LogP contribution is -2.52. The van der Waals surface area contributed by atoms with Crippen molar-refractivity contribution in [1.82, 2.24) is 0 Å². The summed E-state index contributed by atoms with van der Waals surface area (Å²) in [5.74, 6) is -2.21. The lowest BCUT2D eigenvalue weighted by atomic mass is 10.0. The fourth-order valence-electron chi connectivity index (χ4n) is 1.58. The molecule has 1 heterocycles. The third-order valence-corrected chi connectivity index (χ3v) is 3.44. The highest BCUT2D eigenvalue weighted by Gasteiger charge is 2.60. The van der Waals surface area contributed by atoms with Crippen LogP contribution in [0, 0.1) is 0 Å². The molecule has 19 heavy (non-hydrogen) atoms. The number of fused-ring (bicyclic) bond motifs is 1. The van der Waals surface area contributed by atoms with Gasteiger partial charge in [0.1, 0.15) is 5.75 Å². The minimum atomic E-state index is -5.11. The van der Waals surface area contributed by atoms with Crippen LogP contribution in [0.2, 0.25) is 0 Å². The minimum Gasteiger partial charge on any atom is -0.545 e. The molecule has 0 amide bonds. The molecule has 1 aliphatic heterocycles. The van der Waals surface area contributed by atoms with Crippen molar-refractivity contribution < 1.29 is 27.8 Å². The molecule has 0 N–H and O–H groups in total. The van der Waals surface area contributed by atoms with Crippen molar-refractivity contribution in [3.8, 4) is 5.75 Å². The molecule has 0 radical (unpaired) electrons. The summed E-state index contributed by atoms with van der Waals surface area (Å²) in [5.41, 5.74) is -1.03. The molecule has 1 unspecified atom stereocenters. The van der Waals surface area contributed by atoms with Crippen molar-refractivity contribution in [3.63, 3.8) is 0 Å². The fourth-order valence-corrected chi connectivity index (χ4v) is 2.17. The molecule has 102 valence electrons. The first-order chi connectivity index (χ1) is 8.65. The topological polar surface area (TPSA) is 49.4 Å². The summed E-state index contributed by atoms with van der Waals surface area (Å²) >= 11 is 8.44. The smallest absolute Gasteiger partial charge is 0.448 e. The number of benzene rings is 1. The van der Waals surface area contributed by atoms with E-state index in [2.05, 4.69) is 20.7 Å². The van der Waals surface area contributed by atoms with E-state index in [1.807, 2.05) is 0 Å². The molecule has 1 aromatic carbocycles. The van der Waals surface area contributed by atoms with Crippen molar-refractivity contribution in [1.29, 1.82) is 0 Å². The summed E-state index contributed by atoms with van der Waals surface area (Å²) in [4.78, 5) is 10.9. The number of aliphatic carboxylic acids is 1. The van der Waals surface area contributed by atoms with Crippen LogP contribution in [-0.4, -0.2) is 17.2 Å². The average Bonchev–Trinajstić information content (AvgIpc) is 2.27. The largest absolute Gasteiger partial charge is 0.545 e. The van der Waals surface area contributed by atoms with E-state index in [9.17, 15) is 23.1 Å². The number of carbonyl (C=O) groups is 1. The van der Waals surface area contributed by atoms with Crippen molar-refractivity contribution in [2.75, 3.05) is 0 Å². The lowest BCUT2D eigenvalue weighted by molar-refractivity contribution is -0.303. The second-order valence-corrected chi connectivity index (χ2v) is 5.17. The number of alkyl halides is 4. The molecule has 0 aromatic heterocycles. The van der Waals surface area contributed by atoms with E-state index in [-0.39, 0.29) is 11.3 Å². The first-order valence-corrected chi connectivity index (χ1v) is 6.00. The predicted octanol–water partition coefficient (Wildman–Crippen LogP) is 2.47. The fraction of sp³-hybridized carbons (Fsp3) is 0.182. The van der Waals surface area contributed by atoms with Gasteiger partial charge in [0, 0.05) is 15.6 Å². The Morgan fingerprint density at radius 3 is 2.58 bits per heavy atom. The van der Waals surface area contributed by atoms with Crippen molar-refractivity contribution in [2.24, 2.45) is 0 Å². The van der Waals surface area contributed by atoms with Crippen molar-refractivity contribution in [3.05, 3.63) is 33.8 Å². The van der Waals surface area contributed by atoms with Gasteiger partial charge in [0.25, 0.3) is 0 Å². The van der Waals surface area contributed by atoms with Gasteiger partial charge in [-0.3, -0.25) is 0 Å². The molecular weight excluding hydrogens is 352 g/mol. The highest BCUT2D eigenvalue weighted by molar-refractivity contribution is 9.10. The molecule has 3 nitrogen and oxygen atoms in total. The molecule has 1 aromatic rings. The Morgan fingerprint density at radius 1 is 1.42 bits per heavy atom. The summed E-state index contributed by atoms with van der Waals surface area (Å²) in [6.45, 7) is 0. The Labute approximate surface area is 118 Å². The zero-order chi connectivity index (χ0) is 14.4. The zero-order valence-corrected chi connectivity index (χ0v) is 11.3. The first kappa shape index (κ1) is 14.2. The van der Waals surface area contributed by atoms with Gasteiger partial charge >= 0.3 is 11.2 Å². The molecule has 2 rings (SSSR count). The molecule has 0 saturated carbocycles. The van der Waals surface area contributed by atoms with E-state index in [0.29, 0.717) is 4.47 Å². The van der Waals surface area contributed by atoms with Gasteiger partial charge in [0.05, 0.1) is 5.97 Å². The number of halogens is 5. The minimum absolute atomic E-state index is 0.161. The third-order valence-electron chi connectivity index (χ3n) is 2.45. The summed E-state index contributed by atoms with van der Waals surface area (Å²) < 4.78 is 43.9. The Morgan fingerprint density at radius 2 is 2.05 bits per heavy atom. The van der Waals surface area contributed by atoms with E-state index in [1.165, 1.54) is 18.2 Å². The van der Waals surface area contributed by atoms with Crippen LogP contribution in [0.1, 0.15) is 5.56 Å². The second-order valence-electron chi connectivity index (χ2n) is 3.72. The Bertz CT molecular complexity index is 585. The van der Waals surface area contributed by atoms with Crippen LogP contribution in [0.15, 0.2) is 28.2 Å². The lowest BCUT2D eigenvalue weighted by Gasteiger charge is -2.36. The quantitative estimate of drug-likeness (QED) is 0.727. The number of ether oxygens (including phenoxy) is 1. The van der Waals surface area contributed by atoms with Gasteiger partial charge in [-0.1, -0.05) is 27.5 Å². The van der Waals surface area contributed by atoms with Crippen LogP contribution in [0.4, 0.5) is 13.2 Å². The van der Waals surface area contributed by atoms with Gasteiger partial charge in [0.15, 0.2) is 0 Å². The Hall–Kier alpha value is -1.21. The van der Waals surface area contributed by atoms with E-state index < -0.39 is 22.8 Å². The second kappa shape index (κ2) is 4.42. The molecule has 0 saturated heterocycles. The molecule has 0 aliphatic carbocycles. The zero-order valence-electron chi connectivity index (χ0n) is 8.92. The van der Waals surface area contributed by atoms with Gasteiger partial charge in [-0.05, 0) is 24.3 Å². The third kappa shape index (κ3) is 2.32. The van der Waals surface area contributed by atoms with Crippen LogP contribution in [0.5, 0.6) is 5.75 Å². The summed E-state index contributed by atoms with van der Waals surface area (Å²) in [6, 6.07) is 4.11. The number of carbonyl (C=O) groups excluding carboxylic acids is 1. The van der Waals surface area contributed by atoms with Crippen LogP contribution in [0.3, 0.4) is 0 Å². The SMILES string of the molecule is O=C([O-])C1=Cc2cc(Br)ccc2OC1(Cl)C(F)(F)F. The Balaban J connectivity index is 2.65. The van der Waals surface area contributed by atoms with E-state index in [4.69, 9.17) is 11.6 Å². The monoisotopic (exact) mass is 355 g/mol. The molecule has 0 fully saturated rings. The highest BCUT2D eigenvalue weighted by atomic mass is 79.9. The van der Waals surface area contributed by atoms with Crippen LogP contribution < -0.4 is 9.84 Å². The van der Waals surface area contributed by atoms with Gasteiger partial charge in [-0.25, -0.2) is 0 Å². The number of carboxylic acid groups (broad SMARTS) is 1. The predicted molar refractivity (Wildman–Crippen MR) is 62.4 cm³/mol. The maximum Gasteiger partial charge on any atom is 0.448 e. The molecule has 8 heteroatoms. The normalized spacial score (nSPS) is 22.3. The Kier molecular flexibility index (Phi) is 3.30. The first-order valence-electron chi connectivity index (χ1n) is 4.83. The van der Waals surface area contributed by atoms with Gasteiger partial charge in [-0.15, -0.1) is 0 Å². The average molecular weight is 357 g/mol. The van der Waals surface area contributed by atoms with Gasteiger partial charge in [0.2, 0.25) is 0 Å². The van der Waals surface area contributed by atoms with Gasteiger partial charge < -0.3 is 14.6 Å². The molecular formula is C11H4BrClF3O3-. The maximum atomic E-state index is 12.9. The standard InChI is InChI=1S/C11H5BrClF3O3/c12-6-1-2-8-5(3-6)4-7(9(17)18)10(13,19-8)11(14,15)16/h1-4H,(H,17,18)/p-1.